The highest BCUT2D eigenvalue weighted by atomic mass is 32.2. The fourth-order valence-corrected chi connectivity index (χ4v) is 4.76. The molecule has 3 aromatic rings. The van der Waals surface area contributed by atoms with Crippen molar-refractivity contribution in [2.75, 3.05) is 19.0 Å². The molecule has 0 aliphatic carbocycles. The molecule has 7 heteroatoms. The molecular weight excluding hydrogens is 336 g/mol. The minimum absolute atomic E-state index is 0.0218. The molecule has 0 aromatic carbocycles. The Kier molecular flexibility index (Phi) is 4.97. The van der Waals surface area contributed by atoms with E-state index in [4.69, 9.17) is 4.74 Å². The Balaban J connectivity index is 1.98. The third-order valence-electron chi connectivity index (χ3n) is 3.22. The summed E-state index contributed by atoms with van der Waals surface area (Å²) >= 11 is 4.73. The molecule has 0 amide bonds. The van der Waals surface area contributed by atoms with Crippen molar-refractivity contribution in [3.8, 4) is 10.4 Å². The van der Waals surface area contributed by atoms with Gasteiger partial charge in [0.25, 0.3) is 5.56 Å². The van der Waals surface area contributed by atoms with Gasteiger partial charge in [-0.15, -0.1) is 22.7 Å². The lowest BCUT2D eigenvalue weighted by molar-refractivity contribution is 0.164. The van der Waals surface area contributed by atoms with E-state index >= 15 is 0 Å². The maximum Gasteiger partial charge on any atom is 0.263 e. The first-order chi connectivity index (χ1) is 10.7. The number of aromatic nitrogens is 2. The van der Waals surface area contributed by atoms with Crippen LogP contribution in [0.5, 0.6) is 0 Å². The van der Waals surface area contributed by atoms with Crippen LogP contribution in [-0.2, 0) is 11.8 Å². The van der Waals surface area contributed by atoms with Gasteiger partial charge in [-0.3, -0.25) is 9.36 Å². The van der Waals surface area contributed by atoms with Crippen molar-refractivity contribution in [3.63, 3.8) is 0 Å². The number of hydrogen-bond acceptors (Lipinski definition) is 6. The van der Waals surface area contributed by atoms with Crippen LogP contribution in [0.2, 0.25) is 0 Å². The predicted molar refractivity (Wildman–Crippen MR) is 95.4 cm³/mol. The van der Waals surface area contributed by atoms with Crippen LogP contribution in [-0.4, -0.2) is 28.5 Å². The summed E-state index contributed by atoms with van der Waals surface area (Å²) in [6.45, 7) is 3.35. The van der Waals surface area contributed by atoms with Crippen molar-refractivity contribution < 1.29 is 4.74 Å². The Labute approximate surface area is 140 Å². The van der Waals surface area contributed by atoms with E-state index < -0.39 is 0 Å². The minimum atomic E-state index is 0.0218. The third-order valence-corrected chi connectivity index (χ3v) is 5.99. The first-order valence-electron chi connectivity index (χ1n) is 6.95. The largest absolute Gasteiger partial charge is 0.381 e. The van der Waals surface area contributed by atoms with Crippen LogP contribution in [0.15, 0.2) is 32.8 Å². The molecule has 0 bridgehead atoms. The van der Waals surface area contributed by atoms with E-state index in [-0.39, 0.29) is 5.56 Å². The lowest BCUT2D eigenvalue weighted by Gasteiger charge is -2.07. The topological polar surface area (TPSA) is 44.1 Å². The number of thioether (sulfide) groups is 1. The van der Waals surface area contributed by atoms with Crippen molar-refractivity contribution >= 4 is 44.7 Å². The Hall–Kier alpha value is -1.15. The smallest absolute Gasteiger partial charge is 0.263 e. The van der Waals surface area contributed by atoms with Crippen LogP contribution in [0.3, 0.4) is 0 Å². The quantitative estimate of drug-likeness (QED) is 0.384. The van der Waals surface area contributed by atoms with Gasteiger partial charge in [0.1, 0.15) is 4.83 Å². The fourth-order valence-electron chi connectivity index (χ4n) is 2.13. The Morgan fingerprint density at radius 3 is 3.00 bits per heavy atom. The molecule has 0 aliphatic rings. The second-order valence-corrected chi connectivity index (χ2v) is 7.48. The summed E-state index contributed by atoms with van der Waals surface area (Å²) in [5.41, 5.74) is 1.02. The molecule has 0 spiro atoms. The fraction of sp³-hybridized carbons (Fsp3) is 0.333. The van der Waals surface area contributed by atoms with E-state index in [1.807, 2.05) is 29.8 Å². The van der Waals surface area contributed by atoms with Gasteiger partial charge < -0.3 is 4.74 Å². The van der Waals surface area contributed by atoms with Gasteiger partial charge in [-0.1, -0.05) is 17.8 Å². The molecule has 0 fully saturated rings. The summed E-state index contributed by atoms with van der Waals surface area (Å²) in [7, 11) is 1.79. The monoisotopic (exact) mass is 352 g/mol. The molecule has 0 aliphatic heterocycles. The van der Waals surface area contributed by atoms with Crippen molar-refractivity contribution in [2.45, 2.75) is 12.1 Å². The summed E-state index contributed by atoms with van der Waals surface area (Å²) < 4.78 is 6.98. The molecule has 0 N–H and O–H groups in total. The molecule has 3 heterocycles. The molecule has 0 saturated carbocycles. The maximum absolute atomic E-state index is 12.7. The van der Waals surface area contributed by atoms with E-state index in [0.29, 0.717) is 13.2 Å². The van der Waals surface area contributed by atoms with Crippen molar-refractivity contribution in [2.24, 2.45) is 7.05 Å². The van der Waals surface area contributed by atoms with Crippen molar-refractivity contribution in [1.29, 1.82) is 0 Å². The molecule has 0 unspecified atom stereocenters. The summed E-state index contributed by atoms with van der Waals surface area (Å²) in [5, 5.41) is 5.52. The molecule has 0 saturated heterocycles. The van der Waals surface area contributed by atoms with Crippen LogP contribution in [0.4, 0.5) is 0 Å². The van der Waals surface area contributed by atoms with Gasteiger partial charge in [-0.2, -0.15) is 0 Å². The third kappa shape index (κ3) is 2.99. The Morgan fingerprint density at radius 1 is 1.41 bits per heavy atom. The molecule has 22 heavy (non-hydrogen) atoms. The van der Waals surface area contributed by atoms with Gasteiger partial charge in [0.2, 0.25) is 0 Å². The molecule has 0 atom stereocenters. The highest BCUT2D eigenvalue weighted by Crippen LogP contribution is 2.34. The van der Waals surface area contributed by atoms with E-state index in [0.717, 1.165) is 31.6 Å². The van der Waals surface area contributed by atoms with E-state index in [9.17, 15) is 4.79 Å². The normalized spacial score (nSPS) is 11.4. The molecular formula is C15H16N2O2S3. The summed E-state index contributed by atoms with van der Waals surface area (Å²) in [6.07, 6.45) is 0. The second kappa shape index (κ2) is 6.95. The standard InChI is InChI=1S/C15H16N2O2S3/c1-3-19-6-8-21-15-16-13-12(14(18)17(15)2)10(9-22-13)11-5-4-7-20-11/h4-5,7,9H,3,6,8H2,1-2H3. The summed E-state index contributed by atoms with van der Waals surface area (Å²) in [6, 6.07) is 4.04. The molecule has 4 nitrogen and oxygen atoms in total. The van der Waals surface area contributed by atoms with Crippen LogP contribution >= 0.6 is 34.4 Å². The lowest BCUT2D eigenvalue weighted by atomic mass is 10.2. The van der Waals surface area contributed by atoms with Crippen LogP contribution < -0.4 is 5.56 Å². The van der Waals surface area contributed by atoms with Gasteiger partial charge in [0, 0.05) is 35.2 Å². The van der Waals surface area contributed by atoms with Gasteiger partial charge in [0.05, 0.1) is 12.0 Å². The van der Waals surface area contributed by atoms with Gasteiger partial charge in [-0.25, -0.2) is 4.98 Å². The molecule has 116 valence electrons. The maximum atomic E-state index is 12.7. The number of ether oxygens (including phenoxy) is 1. The SMILES string of the molecule is CCOCCSc1nc2scc(-c3cccs3)c2c(=O)n1C. The number of hydrogen-bond donors (Lipinski definition) is 0. The van der Waals surface area contributed by atoms with Crippen molar-refractivity contribution in [3.05, 3.63) is 33.2 Å². The number of thiophene rings is 2. The number of rotatable bonds is 6. The van der Waals surface area contributed by atoms with Crippen molar-refractivity contribution in [1.82, 2.24) is 9.55 Å². The minimum Gasteiger partial charge on any atom is -0.381 e. The first kappa shape index (κ1) is 15.7. The molecule has 0 radical (unpaired) electrons. The zero-order chi connectivity index (χ0) is 15.5. The van der Waals surface area contributed by atoms with Gasteiger partial charge in [-0.05, 0) is 18.4 Å². The van der Waals surface area contributed by atoms with Crippen LogP contribution in [0, 0.1) is 0 Å². The zero-order valence-corrected chi connectivity index (χ0v) is 14.8. The Bertz CT molecular complexity index is 821. The lowest BCUT2D eigenvalue weighted by Crippen LogP contribution is -2.20. The Morgan fingerprint density at radius 2 is 2.27 bits per heavy atom. The number of nitrogens with zero attached hydrogens (tertiary/aromatic N) is 2. The first-order valence-corrected chi connectivity index (χ1v) is 9.69. The average Bonchev–Trinajstić information content (AvgIpc) is 3.17. The highest BCUT2D eigenvalue weighted by Gasteiger charge is 2.16. The second-order valence-electron chi connectivity index (χ2n) is 4.61. The van der Waals surface area contributed by atoms with Crippen LogP contribution in [0.25, 0.3) is 20.7 Å². The zero-order valence-electron chi connectivity index (χ0n) is 12.4. The average molecular weight is 353 g/mol. The van der Waals surface area contributed by atoms with Crippen LogP contribution in [0.1, 0.15) is 6.92 Å². The number of fused-ring (bicyclic) bond motifs is 1. The predicted octanol–water partition coefficient (Wildman–Crippen LogP) is 3.85. The molecule has 3 aromatic heterocycles. The summed E-state index contributed by atoms with van der Waals surface area (Å²) in [4.78, 5) is 19.3. The van der Waals surface area contributed by atoms with E-state index in [1.165, 1.54) is 11.3 Å². The summed E-state index contributed by atoms with van der Waals surface area (Å²) in [5.74, 6) is 0.794. The van der Waals surface area contributed by atoms with E-state index in [1.54, 1.807) is 34.7 Å². The van der Waals surface area contributed by atoms with E-state index in [2.05, 4.69) is 4.98 Å². The van der Waals surface area contributed by atoms with Gasteiger partial charge >= 0.3 is 0 Å². The van der Waals surface area contributed by atoms with Gasteiger partial charge in [0.15, 0.2) is 5.16 Å². The molecule has 3 rings (SSSR count). The highest BCUT2D eigenvalue weighted by molar-refractivity contribution is 7.99.